The van der Waals surface area contributed by atoms with E-state index in [1.54, 1.807) is 0 Å². The molecule has 1 atom stereocenters. The van der Waals surface area contributed by atoms with Crippen LogP contribution in [0.5, 0.6) is 0 Å². The van der Waals surface area contributed by atoms with Crippen molar-refractivity contribution in [3.63, 3.8) is 0 Å². The van der Waals surface area contributed by atoms with Gasteiger partial charge in [0.05, 0.1) is 36.9 Å². The number of nitrogens with one attached hydrogen (secondary N) is 1. The first-order valence-electron chi connectivity index (χ1n) is 6.67. The number of halogens is 1. The largest absolute Gasteiger partial charge is 0.465 e. The van der Waals surface area contributed by atoms with Crippen molar-refractivity contribution in [1.29, 1.82) is 0 Å². The van der Waals surface area contributed by atoms with Crippen LogP contribution in [0.1, 0.15) is 24.2 Å². The smallest absolute Gasteiger partial charge is 0.338 e. The molecule has 1 heterocycles. The van der Waals surface area contributed by atoms with Crippen molar-refractivity contribution >= 4 is 17.3 Å². The van der Waals surface area contributed by atoms with E-state index in [9.17, 15) is 19.3 Å². The molecule has 1 N–H and O–H groups in total. The quantitative estimate of drug-likeness (QED) is 0.521. The van der Waals surface area contributed by atoms with Crippen molar-refractivity contribution in [2.24, 2.45) is 5.41 Å². The molecule has 1 fully saturated rings. The molecule has 1 aromatic rings. The Morgan fingerprint density at radius 3 is 2.73 bits per heavy atom. The predicted molar refractivity (Wildman–Crippen MR) is 76.4 cm³/mol. The lowest BCUT2D eigenvalue weighted by molar-refractivity contribution is -0.386. The Labute approximate surface area is 126 Å². The first kappa shape index (κ1) is 16.2. The molecule has 0 radical (unpaired) electrons. The maximum atomic E-state index is 14.0. The molecule has 0 spiro atoms. The maximum Gasteiger partial charge on any atom is 0.338 e. The van der Waals surface area contributed by atoms with Crippen molar-refractivity contribution in [3.8, 4) is 0 Å². The first-order valence-corrected chi connectivity index (χ1v) is 6.67. The zero-order valence-corrected chi connectivity index (χ0v) is 12.5. The molecule has 120 valence electrons. The zero-order valence-electron chi connectivity index (χ0n) is 12.5. The summed E-state index contributed by atoms with van der Waals surface area (Å²) >= 11 is 0. The van der Waals surface area contributed by atoms with Crippen LogP contribution in [0.4, 0.5) is 15.8 Å². The summed E-state index contributed by atoms with van der Waals surface area (Å²) in [4.78, 5) is 21.8. The number of carbonyl (C=O) groups is 1. The van der Waals surface area contributed by atoms with Gasteiger partial charge in [-0.15, -0.1) is 0 Å². The molecule has 0 amide bonds. The average Bonchev–Trinajstić information content (AvgIpc) is 2.76. The van der Waals surface area contributed by atoms with Crippen molar-refractivity contribution < 1.29 is 23.6 Å². The van der Waals surface area contributed by atoms with Gasteiger partial charge in [-0.05, 0) is 12.1 Å². The van der Waals surface area contributed by atoms with Crippen molar-refractivity contribution in [3.05, 3.63) is 33.6 Å². The monoisotopic (exact) mass is 312 g/mol. The Kier molecular flexibility index (Phi) is 4.32. The summed E-state index contributed by atoms with van der Waals surface area (Å²) in [7, 11) is 1.16. The molecule has 0 unspecified atom stereocenters. The second kappa shape index (κ2) is 5.88. The van der Waals surface area contributed by atoms with Crippen molar-refractivity contribution in [2.45, 2.75) is 19.9 Å². The second-order valence-electron chi connectivity index (χ2n) is 5.80. The molecule has 0 saturated carbocycles. The Balaban J connectivity index is 2.45. The lowest BCUT2D eigenvalue weighted by Crippen LogP contribution is -2.35. The maximum absolute atomic E-state index is 14.0. The van der Waals surface area contributed by atoms with Crippen LogP contribution in [0, 0.1) is 21.3 Å². The third kappa shape index (κ3) is 3.01. The van der Waals surface area contributed by atoms with Gasteiger partial charge in [-0.3, -0.25) is 10.1 Å². The van der Waals surface area contributed by atoms with E-state index in [-0.39, 0.29) is 22.7 Å². The molecule has 1 aliphatic heterocycles. The fraction of sp³-hybridized carbons (Fsp3) is 0.500. The molecule has 8 heteroatoms. The number of hydrogen-bond acceptors (Lipinski definition) is 6. The Bertz CT molecular complexity index is 617. The number of esters is 1. The van der Waals surface area contributed by atoms with E-state index in [0.29, 0.717) is 13.2 Å². The van der Waals surface area contributed by atoms with Gasteiger partial charge in [-0.25, -0.2) is 4.79 Å². The van der Waals surface area contributed by atoms with Crippen molar-refractivity contribution in [2.75, 3.05) is 25.6 Å². The van der Waals surface area contributed by atoms with Crippen LogP contribution in [0.25, 0.3) is 0 Å². The highest BCUT2D eigenvalue weighted by atomic mass is 19.1. The fourth-order valence-electron chi connectivity index (χ4n) is 2.32. The van der Waals surface area contributed by atoms with Gasteiger partial charge in [0.15, 0.2) is 0 Å². The van der Waals surface area contributed by atoms with Crippen LogP contribution in [0.2, 0.25) is 0 Å². The number of methoxy groups -OCH3 is 1. The number of ether oxygens (including phenoxy) is 2. The first-order chi connectivity index (χ1) is 10.3. The Morgan fingerprint density at radius 2 is 2.23 bits per heavy atom. The lowest BCUT2D eigenvalue weighted by atomic mass is 9.87. The Hall–Kier alpha value is -2.22. The van der Waals surface area contributed by atoms with Gasteiger partial charge >= 0.3 is 11.7 Å². The minimum Gasteiger partial charge on any atom is -0.465 e. The van der Waals surface area contributed by atoms with E-state index in [4.69, 9.17) is 4.74 Å². The van der Waals surface area contributed by atoms with E-state index >= 15 is 0 Å². The standard InChI is InChI=1S/C14H17FN2O5/c1-14(2)7-22-6-11(14)16-10-5-8(13(18)21-3)4-9(15)12(10)17(19)20/h4-5,11,16H,6-7H2,1-3H3/t11-/m1/s1. The molecule has 1 saturated heterocycles. The van der Waals surface area contributed by atoms with E-state index in [0.717, 1.165) is 13.2 Å². The van der Waals surface area contributed by atoms with Crippen LogP contribution in [0.15, 0.2) is 12.1 Å². The lowest BCUT2D eigenvalue weighted by Gasteiger charge is -2.26. The molecule has 0 aliphatic carbocycles. The Morgan fingerprint density at radius 1 is 1.55 bits per heavy atom. The molecular weight excluding hydrogens is 295 g/mol. The normalized spacial score (nSPS) is 19.7. The summed E-state index contributed by atoms with van der Waals surface area (Å²) in [5, 5.41) is 14.0. The number of nitrogens with zero attached hydrogens (tertiary/aromatic N) is 1. The van der Waals surface area contributed by atoms with E-state index in [1.807, 2.05) is 13.8 Å². The molecule has 7 nitrogen and oxygen atoms in total. The minimum absolute atomic E-state index is 0.0611. The SMILES string of the molecule is COC(=O)c1cc(F)c([N+](=O)[O-])c(N[C@@H]2COCC2(C)C)c1. The van der Waals surface area contributed by atoms with Gasteiger partial charge in [0.2, 0.25) is 5.82 Å². The number of nitro groups is 1. The van der Waals surface area contributed by atoms with Gasteiger partial charge in [-0.1, -0.05) is 13.8 Å². The molecular formula is C14H17FN2O5. The summed E-state index contributed by atoms with van der Waals surface area (Å²) in [5.74, 6) is -1.86. The number of benzene rings is 1. The summed E-state index contributed by atoms with van der Waals surface area (Å²) in [6.45, 7) is 4.69. The molecule has 0 bridgehead atoms. The zero-order chi connectivity index (χ0) is 16.5. The fourth-order valence-corrected chi connectivity index (χ4v) is 2.32. The van der Waals surface area contributed by atoms with Gasteiger partial charge in [0.25, 0.3) is 0 Å². The van der Waals surface area contributed by atoms with Crippen LogP contribution >= 0.6 is 0 Å². The minimum atomic E-state index is -1.09. The van der Waals surface area contributed by atoms with Crippen LogP contribution < -0.4 is 5.32 Å². The second-order valence-corrected chi connectivity index (χ2v) is 5.80. The number of anilines is 1. The van der Waals surface area contributed by atoms with Crippen LogP contribution in [-0.4, -0.2) is 37.3 Å². The highest BCUT2D eigenvalue weighted by Gasteiger charge is 2.37. The van der Waals surface area contributed by atoms with Crippen LogP contribution in [0.3, 0.4) is 0 Å². The summed E-state index contributed by atoms with van der Waals surface area (Å²) < 4.78 is 23.9. The molecule has 1 aromatic carbocycles. The summed E-state index contributed by atoms with van der Waals surface area (Å²) in [5.41, 5.74) is -1.12. The topological polar surface area (TPSA) is 90.7 Å². The van der Waals surface area contributed by atoms with E-state index in [2.05, 4.69) is 10.1 Å². The number of rotatable bonds is 4. The van der Waals surface area contributed by atoms with Crippen LogP contribution in [-0.2, 0) is 9.47 Å². The average molecular weight is 312 g/mol. The van der Waals surface area contributed by atoms with Crippen molar-refractivity contribution in [1.82, 2.24) is 0 Å². The van der Waals surface area contributed by atoms with E-state index in [1.165, 1.54) is 6.07 Å². The van der Waals surface area contributed by atoms with E-state index < -0.39 is 22.4 Å². The molecule has 1 aliphatic rings. The van der Waals surface area contributed by atoms with Gasteiger partial charge in [0, 0.05) is 5.41 Å². The summed E-state index contributed by atoms with van der Waals surface area (Å²) in [6.07, 6.45) is 0. The van der Waals surface area contributed by atoms with Gasteiger partial charge in [0.1, 0.15) is 5.69 Å². The summed E-state index contributed by atoms with van der Waals surface area (Å²) in [6, 6.07) is 1.78. The van der Waals surface area contributed by atoms with Gasteiger partial charge in [-0.2, -0.15) is 4.39 Å². The highest BCUT2D eigenvalue weighted by Crippen LogP contribution is 2.35. The van der Waals surface area contributed by atoms with Gasteiger partial charge < -0.3 is 14.8 Å². The predicted octanol–water partition coefficient (Wildman–Crippen LogP) is 2.36. The third-order valence-corrected chi connectivity index (χ3v) is 3.70. The highest BCUT2D eigenvalue weighted by molar-refractivity contribution is 5.91. The number of nitro benzene ring substituents is 1. The number of hydrogen-bond donors (Lipinski definition) is 1. The molecule has 2 rings (SSSR count). The molecule has 22 heavy (non-hydrogen) atoms. The third-order valence-electron chi connectivity index (χ3n) is 3.70. The molecule has 0 aromatic heterocycles. The number of carbonyl (C=O) groups excluding carboxylic acids is 1.